The van der Waals surface area contributed by atoms with Crippen molar-refractivity contribution >= 4 is 28.8 Å². The van der Waals surface area contributed by atoms with E-state index in [1.54, 1.807) is 50.6 Å². The van der Waals surface area contributed by atoms with Crippen LogP contribution in [-0.4, -0.2) is 74.9 Å². The number of rotatable bonds is 5. The standard InChI is InChI=1S/C25H25FN8O2/c1-32(2)24(35)19-7-4-12-28-22(19)33(17-6-3-11-27-15-17)25(36)18-10-9-16(14-20(18)26)34-23-21(30-31-34)8-5-13-29-23/h4-5,7-10,12-14,17,27H,3,6,11,15H2,1-2H3/t17-/m1/s1. The summed E-state index contributed by atoms with van der Waals surface area (Å²) in [6, 6.07) is 10.7. The van der Waals surface area contributed by atoms with Crippen LogP contribution in [0.25, 0.3) is 16.9 Å². The van der Waals surface area contributed by atoms with Gasteiger partial charge in [-0.15, -0.1) is 5.10 Å². The zero-order valence-corrected chi connectivity index (χ0v) is 19.9. The number of nitrogens with zero attached hydrogens (tertiary/aromatic N) is 7. The molecule has 3 aromatic heterocycles. The molecular weight excluding hydrogens is 463 g/mol. The topological polar surface area (TPSA) is 109 Å². The minimum Gasteiger partial charge on any atom is -0.345 e. The van der Waals surface area contributed by atoms with E-state index in [2.05, 4.69) is 25.6 Å². The van der Waals surface area contributed by atoms with E-state index < -0.39 is 11.7 Å². The van der Waals surface area contributed by atoms with Crippen LogP contribution in [0.1, 0.15) is 33.6 Å². The number of carbonyl (C=O) groups is 2. The quantitative estimate of drug-likeness (QED) is 0.460. The highest BCUT2D eigenvalue weighted by atomic mass is 19.1. The molecule has 1 fully saturated rings. The van der Waals surface area contributed by atoms with Gasteiger partial charge in [0.1, 0.15) is 17.2 Å². The number of aromatic nitrogens is 5. The number of hydrogen-bond acceptors (Lipinski definition) is 7. The fourth-order valence-electron chi connectivity index (χ4n) is 4.36. The zero-order chi connectivity index (χ0) is 25.2. The van der Waals surface area contributed by atoms with Gasteiger partial charge in [0.25, 0.3) is 11.8 Å². The highest BCUT2D eigenvalue weighted by Gasteiger charge is 2.33. The first-order valence-corrected chi connectivity index (χ1v) is 11.6. The summed E-state index contributed by atoms with van der Waals surface area (Å²) in [7, 11) is 3.27. The van der Waals surface area contributed by atoms with Crippen molar-refractivity contribution in [3.63, 3.8) is 0 Å². The molecule has 1 atom stereocenters. The fraction of sp³-hybridized carbons (Fsp3) is 0.280. The number of halogens is 1. The lowest BCUT2D eigenvalue weighted by molar-refractivity contribution is 0.0827. The van der Waals surface area contributed by atoms with Gasteiger partial charge in [-0.25, -0.2) is 14.4 Å². The summed E-state index contributed by atoms with van der Waals surface area (Å²) in [6.07, 6.45) is 4.67. The lowest BCUT2D eigenvalue weighted by atomic mass is 10.0. The molecule has 2 amide bonds. The van der Waals surface area contributed by atoms with E-state index >= 15 is 4.39 Å². The van der Waals surface area contributed by atoms with E-state index in [4.69, 9.17) is 0 Å². The summed E-state index contributed by atoms with van der Waals surface area (Å²) < 4.78 is 16.9. The van der Waals surface area contributed by atoms with Crippen molar-refractivity contribution in [3.8, 4) is 5.69 Å². The van der Waals surface area contributed by atoms with E-state index in [0.29, 0.717) is 29.8 Å². The molecule has 0 aliphatic carbocycles. The van der Waals surface area contributed by atoms with Crippen molar-refractivity contribution in [2.45, 2.75) is 18.9 Å². The molecule has 4 aromatic rings. The molecule has 36 heavy (non-hydrogen) atoms. The summed E-state index contributed by atoms with van der Waals surface area (Å²) in [5, 5.41) is 11.4. The van der Waals surface area contributed by atoms with Gasteiger partial charge >= 0.3 is 0 Å². The van der Waals surface area contributed by atoms with Crippen LogP contribution in [0.5, 0.6) is 0 Å². The van der Waals surface area contributed by atoms with E-state index in [1.807, 2.05) is 0 Å². The molecule has 0 radical (unpaired) electrons. The zero-order valence-electron chi connectivity index (χ0n) is 19.9. The Hall–Kier alpha value is -4.25. The molecule has 1 aromatic carbocycles. The molecule has 0 bridgehead atoms. The largest absolute Gasteiger partial charge is 0.345 e. The summed E-state index contributed by atoms with van der Waals surface area (Å²) in [5.74, 6) is -1.37. The highest BCUT2D eigenvalue weighted by molar-refractivity contribution is 6.10. The van der Waals surface area contributed by atoms with E-state index in [0.717, 1.165) is 13.0 Å². The Kier molecular flexibility index (Phi) is 6.38. The van der Waals surface area contributed by atoms with Gasteiger partial charge in [0.2, 0.25) is 0 Å². The SMILES string of the molecule is CN(C)C(=O)c1cccnc1N(C(=O)c1ccc(-n2nnc3cccnc32)cc1F)[C@@H]1CCCNC1. The second-order valence-electron chi connectivity index (χ2n) is 8.76. The second kappa shape index (κ2) is 9.78. The Morgan fingerprint density at radius 1 is 1.06 bits per heavy atom. The number of fused-ring (bicyclic) bond motifs is 1. The van der Waals surface area contributed by atoms with Gasteiger partial charge in [0, 0.05) is 39.1 Å². The van der Waals surface area contributed by atoms with E-state index in [1.165, 1.54) is 32.8 Å². The molecule has 1 saturated heterocycles. The van der Waals surface area contributed by atoms with Crippen LogP contribution in [0.3, 0.4) is 0 Å². The Labute approximate surface area is 206 Å². The first kappa shape index (κ1) is 23.5. The van der Waals surface area contributed by atoms with E-state index in [-0.39, 0.29) is 28.9 Å². The fourth-order valence-corrected chi connectivity index (χ4v) is 4.36. The number of carbonyl (C=O) groups excluding carboxylic acids is 2. The van der Waals surface area contributed by atoms with Crippen LogP contribution in [0.2, 0.25) is 0 Å². The molecule has 5 rings (SSSR count). The van der Waals surface area contributed by atoms with Gasteiger partial charge in [-0.2, -0.15) is 4.68 Å². The number of piperidine rings is 1. The maximum Gasteiger partial charge on any atom is 0.262 e. The molecule has 10 nitrogen and oxygen atoms in total. The normalized spacial score (nSPS) is 15.6. The molecule has 184 valence electrons. The highest BCUT2D eigenvalue weighted by Crippen LogP contribution is 2.27. The molecule has 11 heteroatoms. The van der Waals surface area contributed by atoms with Crippen molar-refractivity contribution < 1.29 is 14.0 Å². The number of amides is 2. The molecule has 0 saturated carbocycles. The molecular formula is C25H25FN8O2. The van der Waals surface area contributed by atoms with E-state index in [9.17, 15) is 9.59 Å². The minimum absolute atomic E-state index is 0.129. The third-order valence-electron chi connectivity index (χ3n) is 6.14. The van der Waals surface area contributed by atoms with Crippen LogP contribution in [-0.2, 0) is 0 Å². The second-order valence-corrected chi connectivity index (χ2v) is 8.76. The maximum absolute atomic E-state index is 15.5. The van der Waals surface area contributed by atoms with Crippen LogP contribution >= 0.6 is 0 Å². The molecule has 0 spiro atoms. The first-order valence-electron chi connectivity index (χ1n) is 11.6. The van der Waals surface area contributed by atoms with Gasteiger partial charge in [-0.05, 0) is 55.8 Å². The van der Waals surface area contributed by atoms with Crippen molar-refractivity contribution in [1.29, 1.82) is 0 Å². The predicted molar refractivity (Wildman–Crippen MR) is 132 cm³/mol. The smallest absolute Gasteiger partial charge is 0.262 e. The third-order valence-corrected chi connectivity index (χ3v) is 6.14. The van der Waals surface area contributed by atoms with Crippen molar-refractivity contribution in [2.24, 2.45) is 0 Å². The third kappa shape index (κ3) is 4.29. The van der Waals surface area contributed by atoms with Gasteiger partial charge in [0.15, 0.2) is 5.65 Å². The van der Waals surface area contributed by atoms with Crippen LogP contribution in [0, 0.1) is 5.82 Å². The number of nitrogens with one attached hydrogen (secondary N) is 1. The predicted octanol–water partition coefficient (Wildman–Crippen LogP) is 2.45. The van der Waals surface area contributed by atoms with Crippen molar-refractivity contribution in [1.82, 2.24) is 35.2 Å². The molecule has 4 heterocycles. The first-order chi connectivity index (χ1) is 17.5. The number of pyridine rings is 2. The van der Waals surface area contributed by atoms with Crippen molar-refractivity contribution in [3.05, 3.63) is 71.8 Å². The van der Waals surface area contributed by atoms with Gasteiger partial charge in [-0.3, -0.25) is 14.5 Å². The van der Waals surface area contributed by atoms with Gasteiger partial charge in [0.05, 0.1) is 22.9 Å². The number of anilines is 1. The number of hydrogen-bond donors (Lipinski definition) is 1. The molecule has 1 aliphatic heterocycles. The molecule has 1 N–H and O–H groups in total. The Morgan fingerprint density at radius 3 is 2.61 bits per heavy atom. The molecule has 0 unspecified atom stereocenters. The number of benzene rings is 1. The Bertz CT molecular complexity index is 1430. The monoisotopic (exact) mass is 488 g/mol. The van der Waals surface area contributed by atoms with Gasteiger partial charge in [-0.1, -0.05) is 5.21 Å². The lowest BCUT2D eigenvalue weighted by Gasteiger charge is -2.35. The lowest BCUT2D eigenvalue weighted by Crippen LogP contribution is -2.50. The average Bonchev–Trinajstić information content (AvgIpc) is 3.33. The summed E-state index contributed by atoms with van der Waals surface area (Å²) >= 11 is 0. The Morgan fingerprint density at radius 2 is 1.86 bits per heavy atom. The average molecular weight is 489 g/mol. The minimum atomic E-state index is -0.720. The van der Waals surface area contributed by atoms with Crippen LogP contribution in [0.15, 0.2) is 54.9 Å². The maximum atomic E-state index is 15.5. The van der Waals surface area contributed by atoms with Crippen LogP contribution < -0.4 is 10.2 Å². The summed E-state index contributed by atoms with van der Waals surface area (Å²) in [6.45, 7) is 1.33. The summed E-state index contributed by atoms with van der Waals surface area (Å²) in [5.41, 5.74) is 1.58. The van der Waals surface area contributed by atoms with Crippen molar-refractivity contribution in [2.75, 3.05) is 32.1 Å². The van der Waals surface area contributed by atoms with Gasteiger partial charge < -0.3 is 10.2 Å². The van der Waals surface area contributed by atoms with Crippen LogP contribution in [0.4, 0.5) is 10.2 Å². The summed E-state index contributed by atoms with van der Waals surface area (Å²) in [4.78, 5) is 38.3. The Balaban J connectivity index is 1.56. The molecule has 1 aliphatic rings.